The minimum Gasteiger partial charge on any atom is -0.493 e. The highest BCUT2D eigenvalue weighted by Crippen LogP contribution is 2.17. The SMILES string of the molecule is Cn1nccc1CCOc1ccc(C(=O)O)c(F)c1. The number of carboxylic acids is 1. The number of ether oxygens (including phenoxy) is 1. The Morgan fingerprint density at radius 3 is 2.84 bits per heavy atom. The van der Waals surface area contributed by atoms with E-state index in [4.69, 9.17) is 9.84 Å². The van der Waals surface area contributed by atoms with Gasteiger partial charge in [0.25, 0.3) is 0 Å². The van der Waals surface area contributed by atoms with E-state index in [-0.39, 0.29) is 5.56 Å². The molecule has 1 aromatic heterocycles. The molecule has 0 aliphatic carbocycles. The van der Waals surface area contributed by atoms with Crippen LogP contribution in [-0.2, 0) is 13.5 Å². The summed E-state index contributed by atoms with van der Waals surface area (Å²) in [5.74, 6) is -1.78. The molecule has 0 radical (unpaired) electrons. The third-order valence-corrected chi connectivity index (χ3v) is 2.72. The van der Waals surface area contributed by atoms with Crippen LogP contribution < -0.4 is 4.74 Å². The Hall–Kier alpha value is -2.37. The summed E-state index contributed by atoms with van der Waals surface area (Å²) in [6, 6.07) is 5.58. The fraction of sp³-hybridized carbons (Fsp3) is 0.231. The third kappa shape index (κ3) is 3.09. The Morgan fingerprint density at radius 1 is 1.47 bits per heavy atom. The lowest BCUT2D eigenvalue weighted by Crippen LogP contribution is -2.07. The number of carboxylic acid groups (broad SMARTS) is 1. The highest BCUT2D eigenvalue weighted by atomic mass is 19.1. The predicted molar refractivity (Wildman–Crippen MR) is 65.8 cm³/mol. The highest BCUT2D eigenvalue weighted by Gasteiger charge is 2.10. The van der Waals surface area contributed by atoms with Gasteiger partial charge in [-0.1, -0.05) is 0 Å². The van der Waals surface area contributed by atoms with E-state index in [0.29, 0.717) is 18.8 Å². The van der Waals surface area contributed by atoms with Crippen LogP contribution in [0.4, 0.5) is 4.39 Å². The van der Waals surface area contributed by atoms with E-state index in [9.17, 15) is 9.18 Å². The van der Waals surface area contributed by atoms with Gasteiger partial charge in [-0.15, -0.1) is 0 Å². The Morgan fingerprint density at radius 2 is 2.26 bits per heavy atom. The van der Waals surface area contributed by atoms with Gasteiger partial charge in [0.05, 0.1) is 12.2 Å². The molecule has 1 heterocycles. The Balaban J connectivity index is 1.95. The van der Waals surface area contributed by atoms with Crippen LogP contribution in [0.1, 0.15) is 16.1 Å². The van der Waals surface area contributed by atoms with Crippen molar-refractivity contribution in [3.05, 3.63) is 47.5 Å². The number of aryl methyl sites for hydroxylation is 1. The van der Waals surface area contributed by atoms with E-state index in [1.807, 2.05) is 13.1 Å². The number of hydrogen-bond donors (Lipinski definition) is 1. The summed E-state index contributed by atoms with van der Waals surface area (Å²) in [7, 11) is 1.83. The van der Waals surface area contributed by atoms with Gasteiger partial charge in [-0.05, 0) is 18.2 Å². The van der Waals surface area contributed by atoms with Crippen LogP contribution in [0.5, 0.6) is 5.75 Å². The van der Waals surface area contributed by atoms with Crippen LogP contribution in [0, 0.1) is 5.82 Å². The van der Waals surface area contributed by atoms with Crippen molar-refractivity contribution >= 4 is 5.97 Å². The smallest absolute Gasteiger partial charge is 0.338 e. The molecule has 0 unspecified atom stereocenters. The van der Waals surface area contributed by atoms with Crippen molar-refractivity contribution in [2.45, 2.75) is 6.42 Å². The van der Waals surface area contributed by atoms with Crippen molar-refractivity contribution in [1.29, 1.82) is 0 Å². The highest BCUT2D eigenvalue weighted by molar-refractivity contribution is 5.88. The molecule has 0 atom stereocenters. The van der Waals surface area contributed by atoms with E-state index < -0.39 is 11.8 Å². The van der Waals surface area contributed by atoms with Gasteiger partial charge in [-0.25, -0.2) is 9.18 Å². The van der Waals surface area contributed by atoms with Gasteiger partial charge in [0.15, 0.2) is 0 Å². The molecule has 2 aromatic rings. The first-order valence-corrected chi connectivity index (χ1v) is 5.70. The second-order valence-electron chi connectivity index (χ2n) is 3.99. The van der Waals surface area contributed by atoms with Gasteiger partial charge in [-0.2, -0.15) is 5.10 Å². The summed E-state index contributed by atoms with van der Waals surface area (Å²) >= 11 is 0. The average molecular weight is 264 g/mol. The average Bonchev–Trinajstić information content (AvgIpc) is 2.75. The number of rotatable bonds is 5. The molecule has 6 heteroatoms. The van der Waals surface area contributed by atoms with Crippen LogP contribution in [0.25, 0.3) is 0 Å². The number of benzene rings is 1. The number of hydrogen-bond acceptors (Lipinski definition) is 3. The molecule has 2 rings (SSSR count). The Bertz CT molecular complexity index is 595. The first-order chi connectivity index (χ1) is 9.08. The Kier molecular flexibility index (Phi) is 3.79. The van der Waals surface area contributed by atoms with Crippen molar-refractivity contribution in [2.75, 3.05) is 6.61 Å². The fourth-order valence-electron chi connectivity index (χ4n) is 1.68. The number of nitrogens with zero attached hydrogens (tertiary/aromatic N) is 2. The van der Waals surface area contributed by atoms with Crippen molar-refractivity contribution in [3.63, 3.8) is 0 Å². The molecule has 0 spiro atoms. The number of aromatic nitrogens is 2. The summed E-state index contributed by atoms with van der Waals surface area (Å²) in [4.78, 5) is 10.6. The normalized spacial score (nSPS) is 10.4. The number of carbonyl (C=O) groups is 1. The molecule has 1 aromatic carbocycles. The molecule has 0 bridgehead atoms. The summed E-state index contributed by atoms with van der Waals surface area (Å²) in [5, 5.41) is 12.7. The molecule has 0 saturated carbocycles. The monoisotopic (exact) mass is 264 g/mol. The minimum absolute atomic E-state index is 0.310. The standard InChI is InChI=1S/C13H13FN2O3/c1-16-9(4-6-15-16)5-7-19-10-2-3-11(13(17)18)12(14)8-10/h2-4,6,8H,5,7H2,1H3,(H,17,18). The molecule has 0 aliphatic heterocycles. The van der Waals surface area contributed by atoms with Gasteiger partial charge in [0.2, 0.25) is 0 Å². The van der Waals surface area contributed by atoms with Crippen LogP contribution in [-0.4, -0.2) is 27.5 Å². The van der Waals surface area contributed by atoms with Gasteiger partial charge < -0.3 is 9.84 Å². The molecule has 100 valence electrons. The molecule has 5 nitrogen and oxygen atoms in total. The zero-order valence-corrected chi connectivity index (χ0v) is 10.3. The molecule has 0 saturated heterocycles. The maximum atomic E-state index is 13.4. The zero-order valence-electron chi connectivity index (χ0n) is 10.3. The molecule has 0 amide bonds. The van der Waals surface area contributed by atoms with Gasteiger partial charge in [-0.3, -0.25) is 4.68 Å². The van der Waals surface area contributed by atoms with Gasteiger partial charge in [0, 0.05) is 31.4 Å². The maximum absolute atomic E-state index is 13.4. The zero-order chi connectivity index (χ0) is 13.8. The van der Waals surface area contributed by atoms with Crippen molar-refractivity contribution in [1.82, 2.24) is 9.78 Å². The third-order valence-electron chi connectivity index (χ3n) is 2.72. The Labute approximate surface area is 109 Å². The lowest BCUT2D eigenvalue weighted by Gasteiger charge is -2.07. The molecular formula is C13H13FN2O3. The maximum Gasteiger partial charge on any atom is 0.338 e. The van der Waals surface area contributed by atoms with E-state index >= 15 is 0 Å². The second kappa shape index (κ2) is 5.51. The number of aromatic carboxylic acids is 1. The van der Waals surface area contributed by atoms with E-state index in [0.717, 1.165) is 11.8 Å². The molecule has 1 N–H and O–H groups in total. The van der Waals surface area contributed by atoms with Crippen LogP contribution in [0.15, 0.2) is 30.5 Å². The lowest BCUT2D eigenvalue weighted by atomic mass is 10.2. The van der Waals surface area contributed by atoms with E-state index in [1.165, 1.54) is 12.1 Å². The van der Waals surface area contributed by atoms with E-state index in [1.54, 1.807) is 10.9 Å². The van der Waals surface area contributed by atoms with Crippen molar-refractivity contribution in [3.8, 4) is 5.75 Å². The van der Waals surface area contributed by atoms with Crippen LogP contribution in [0.2, 0.25) is 0 Å². The summed E-state index contributed by atoms with van der Waals surface area (Å²) in [6.07, 6.45) is 2.33. The topological polar surface area (TPSA) is 64.4 Å². The first-order valence-electron chi connectivity index (χ1n) is 5.70. The van der Waals surface area contributed by atoms with Gasteiger partial charge in [0.1, 0.15) is 11.6 Å². The summed E-state index contributed by atoms with van der Waals surface area (Å²) in [5.41, 5.74) is 0.640. The fourth-order valence-corrected chi connectivity index (χ4v) is 1.68. The largest absolute Gasteiger partial charge is 0.493 e. The quantitative estimate of drug-likeness (QED) is 0.895. The van der Waals surface area contributed by atoms with E-state index in [2.05, 4.69) is 5.10 Å². The minimum atomic E-state index is -1.29. The summed E-state index contributed by atoms with van der Waals surface area (Å²) < 4.78 is 20.5. The molecule has 0 aliphatic rings. The number of halogens is 1. The van der Waals surface area contributed by atoms with Crippen molar-refractivity contribution < 1.29 is 19.0 Å². The van der Waals surface area contributed by atoms with Crippen LogP contribution in [0.3, 0.4) is 0 Å². The second-order valence-corrected chi connectivity index (χ2v) is 3.99. The summed E-state index contributed by atoms with van der Waals surface area (Å²) in [6.45, 7) is 0.366. The van der Waals surface area contributed by atoms with Crippen LogP contribution >= 0.6 is 0 Å². The molecule has 0 fully saturated rings. The predicted octanol–water partition coefficient (Wildman–Crippen LogP) is 1.88. The molecular weight excluding hydrogens is 251 g/mol. The first kappa shape index (κ1) is 13.1. The van der Waals surface area contributed by atoms with Crippen molar-refractivity contribution in [2.24, 2.45) is 7.05 Å². The molecule has 19 heavy (non-hydrogen) atoms. The lowest BCUT2D eigenvalue weighted by molar-refractivity contribution is 0.0692. The van der Waals surface area contributed by atoms with Gasteiger partial charge >= 0.3 is 5.97 Å².